The van der Waals surface area contributed by atoms with Crippen LogP contribution < -0.4 is 5.32 Å². The van der Waals surface area contributed by atoms with E-state index in [9.17, 15) is 0 Å². The average Bonchev–Trinajstić information content (AvgIpc) is 2.44. The highest BCUT2D eigenvalue weighted by Crippen LogP contribution is 2.32. The lowest BCUT2D eigenvalue weighted by atomic mass is 9.96. The Kier molecular flexibility index (Phi) is 5.75. The van der Waals surface area contributed by atoms with E-state index in [4.69, 9.17) is 0 Å². The van der Waals surface area contributed by atoms with Crippen molar-refractivity contribution in [2.75, 3.05) is 6.54 Å². The molecule has 0 amide bonds. The third kappa shape index (κ3) is 3.68. The summed E-state index contributed by atoms with van der Waals surface area (Å²) >= 11 is 7.22. The van der Waals surface area contributed by atoms with Crippen molar-refractivity contribution in [1.29, 1.82) is 0 Å². The first kappa shape index (κ1) is 15.7. The first-order valence-electron chi connectivity index (χ1n) is 6.72. The minimum atomic E-state index is 0.149. The molecule has 106 valence electrons. The smallest absolute Gasteiger partial charge is 0.0606 e. The van der Waals surface area contributed by atoms with Gasteiger partial charge in [-0.2, -0.15) is 0 Å². The molecule has 0 aliphatic rings. The number of aromatic nitrogens is 1. The van der Waals surface area contributed by atoms with E-state index in [2.05, 4.69) is 74.2 Å². The summed E-state index contributed by atoms with van der Waals surface area (Å²) in [7, 11) is 0. The molecule has 0 saturated heterocycles. The second kappa shape index (κ2) is 7.34. The largest absolute Gasteiger partial charge is 0.306 e. The molecule has 1 aromatic carbocycles. The maximum absolute atomic E-state index is 4.29. The first-order chi connectivity index (χ1) is 9.63. The van der Waals surface area contributed by atoms with Crippen LogP contribution >= 0.6 is 31.9 Å². The molecule has 0 bridgehead atoms. The van der Waals surface area contributed by atoms with Crippen molar-refractivity contribution >= 4 is 31.9 Å². The lowest BCUT2D eigenvalue weighted by molar-refractivity contribution is 0.592. The predicted molar refractivity (Wildman–Crippen MR) is 91.0 cm³/mol. The summed E-state index contributed by atoms with van der Waals surface area (Å²) in [5, 5.41) is 3.62. The van der Waals surface area contributed by atoms with Crippen LogP contribution in [0.4, 0.5) is 0 Å². The van der Waals surface area contributed by atoms with Crippen LogP contribution in [-0.4, -0.2) is 11.5 Å². The molecular formula is C16H18Br2N2. The van der Waals surface area contributed by atoms with Gasteiger partial charge < -0.3 is 5.32 Å². The molecule has 2 aromatic rings. The molecule has 0 radical (unpaired) electrons. The van der Waals surface area contributed by atoms with E-state index >= 15 is 0 Å². The number of nitrogens with one attached hydrogen (secondary N) is 1. The summed E-state index contributed by atoms with van der Waals surface area (Å²) in [5.41, 5.74) is 3.70. The van der Waals surface area contributed by atoms with Gasteiger partial charge in [0.25, 0.3) is 0 Å². The van der Waals surface area contributed by atoms with Crippen LogP contribution in [0.3, 0.4) is 0 Å². The fourth-order valence-corrected chi connectivity index (χ4v) is 3.04. The lowest BCUT2D eigenvalue weighted by Crippen LogP contribution is -2.24. The summed E-state index contributed by atoms with van der Waals surface area (Å²) in [6.07, 6.45) is 4.89. The molecule has 1 aromatic heterocycles. The standard InChI is InChI=1S/C16H18Br2N2/c1-3-7-20-16(14-10-19-8-6-11(14)2)13-9-12(17)4-5-15(13)18/h4-6,8-10,16,20H,3,7H2,1-2H3. The van der Waals surface area contributed by atoms with E-state index < -0.39 is 0 Å². The molecule has 0 aliphatic carbocycles. The van der Waals surface area contributed by atoms with Crippen molar-refractivity contribution in [2.45, 2.75) is 26.3 Å². The van der Waals surface area contributed by atoms with Gasteiger partial charge in [0.1, 0.15) is 0 Å². The Morgan fingerprint density at radius 3 is 2.70 bits per heavy atom. The van der Waals surface area contributed by atoms with Crippen molar-refractivity contribution in [2.24, 2.45) is 0 Å². The van der Waals surface area contributed by atoms with Gasteiger partial charge in [-0.1, -0.05) is 38.8 Å². The van der Waals surface area contributed by atoms with E-state index in [0.717, 1.165) is 21.9 Å². The van der Waals surface area contributed by atoms with Crippen molar-refractivity contribution in [1.82, 2.24) is 10.3 Å². The number of hydrogen-bond acceptors (Lipinski definition) is 2. The Hall–Kier alpha value is -0.710. The Bertz CT molecular complexity index is 584. The Morgan fingerprint density at radius 2 is 2.00 bits per heavy atom. The second-order valence-corrected chi connectivity index (χ2v) is 6.56. The second-order valence-electron chi connectivity index (χ2n) is 4.79. The fourth-order valence-electron chi connectivity index (χ4n) is 2.19. The molecule has 2 rings (SSSR count). The minimum Gasteiger partial charge on any atom is -0.306 e. The summed E-state index contributed by atoms with van der Waals surface area (Å²) in [6, 6.07) is 8.48. The molecule has 0 saturated carbocycles. The van der Waals surface area contributed by atoms with Gasteiger partial charge >= 0.3 is 0 Å². The highest BCUT2D eigenvalue weighted by molar-refractivity contribution is 9.11. The molecule has 0 fully saturated rings. The molecule has 0 spiro atoms. The van der Waals surface area contributed by atoms with E-state index in [1.807, 2.05) is 18.5 Å². The van der Waals surface area contributed by atoms with Gasteiger partial charge in [-0.15, -0.1) is 0 Å². The third-order valence-corrected chi connectivity index (χ3v) is 4.47. The Balaban J connectivity index is 2.47. The van der Waals surface area contributed by atoms with Crippen molar-refractivity contribution < 1.29 is 0 Å². The molecular weight excluding hydrogens is 380 g/mol. The van der Waals surface area contributed by atoms with Crippen LogP contribution in [0.1, 0.15) is 36.1 Å². The molecule has 1 atom stereocenters. The molecule has 1 heterocycles. The van der Waals surface area contributed by atoms with E-state index in [0.29, 0.717) is 0 Å². The van der Waals surface area contributed by atoms with Gasteiger partial charge in [-0.25, -0.2) is 0 Å². The number of hydrogen-bond donors (Lipinski definition) is 1. The third-order valence-electron chi connectivity index (χ3n) is 3.26. The van der Waals surface area contributed by atoms with E-state index in [1.54, 1.807) is 0 Å². The SMILES string of the molecule is CCCNC(c1cnccc1C)c1cc(Br)ccc1Br. The van der Waals surface area contributed by atoms with Crippen molar-refractivity contribution in [3.63, 3.8) is 0 Å². The molecule has 1 N–H and O–H groups in total. The van der Waals surface area contributed by atoms with Crippen molar-refractivity contribution in [3.8, 4) is 0 Å². The Morgan fingerprint density at radius 1 is 1.20 bits per heavy atom. The zero-order chi connectivity index (χ0) is 14.5. The topological polar surface area (TPSA) is 24.9 Å². The number of halogens is 2. The highest BCUT2D eigenvalue weighted by Gasteiger charge is 2.18. The number of benzene rings is 1. The van der Waals surface area contributed by atoms with Crippen molar-refractivity contribution in [3.05, 3.63) is 62.3 Å². The summed E-state index contributed by atoms with van der Waals surface area (Å²) in [4.78, 5) is 4.29. The van der Waals surface area contributed by atoms with Gasteiger partial charge in [-0.05, 0) is 60.8 Å². The maximum Gasteiger partial charge on any atom is 0.0606 e. The van der Waals surface area contributed by atoms with Gasteiger partial charge in [0.2, 0.25) is 0 Å². The zero-order valence-electron chi connectivity index (χ0n) is 11.7. The molecule has 0 aliphatic heterocycles. The highest BCUT2D eigenvalue weighted by atomic mass is 79.9. The van der Waals surface area contributed by atoms with Crippen LogP contribution in [0.5, 0.6) is 0 Å². The fraction of sp³-hybridized carbons (Fsp3) is 0.312. The number of pyridine rings is 1. The van der Waals surface area contributed by atoms with E-state index in [-0.39, 0.29) is 6.04 Å². The van der Waals surface area contributed by atoms with Gasteiger partial charge in [0, 0.05) is 21.3 Å². The molecule has 1 unspecified atom stereocenters. The quantitative estimate of drug-likeness (QED) is 0.767. The number of aryl methyl sites for hydroxylation is 1. The molecule has 2 nitrogen and oxygen atoms in total. The lowest BCUT2D eigenvalue weighted by Gasteiger charge is -2.22. The van der Waals surface area contributed by atoms with Crippen LogP contribution in [0.2, 0.25) is 0 Å². The summed E-state index contributed by atoms with van der Waals surface area (Å²) < 4.78 is 2.19. The summed E-state index contributed by atoms with van der Waals surface area (Å²) in [5.74, 6) is 0. The van der Waals surface area contributed by atoms with Gasteiger partial charge in [-0.3, -0.25) is 4.98 Å². The maximum atomic E-state index is 4.29. The molecule has 20 heavy (non-hydrogen) atoms. The Labute approximate surface area is 137 Å². The van der Waals surface area contributed by atoms with Crippen LogP contribution in [0.15, 0.2) is 45.6 Å². The van der Waals surface area contributed by atoms with Crippen LogP contribution in [0, 0.1) is 6.92 Å². The average molecular weight is 398 g/mol. The number of rotatable bonds is 5. The van der Waals surface area contributed by atoms with Crippen LogP contribution in [0.25, 0.3) is 0 Å². The number of nitrogens with zero attached hydrogens (tertiary/aromatic N) is 1. The van der Waals surface area contributed by atoms with Gasteiger partial charge in [0.05, 0.1) is 6.04 Å². The van der Waals surface area contributed by atoms with Gasteiger partial charge in [0.15, 0.2) is 0 Å². The minimum absolute atomic E-state index is 0.149. The summed E-state index contributed by atoms with van der Waals surface area (Å²) in [6.45, 7) is 5.28. The predicted octanol–water partition coefficient (Wildman–Crippen LogP) is 5.00. The first-order valence-corrected chi connectivity index (χ1v) is 8.31. The monoisotopic (exact) mass is 396 g/mol. The normalized spacial score (nSPS) is 12.4. The van der Waals surface area contributed by atoms with Crippen LogP contribution in [-0.2, 0) is 0 Å². The zero-order valence-corrected chi connectivity index (χ0v) is 14.8. The van der Waals surface area contributed by atoms with E-state index in [1.165, 1.54) is 16.7 Å². The molecule has 4 heteroatoms.